The number of aromatic nitrogens is 2. The van der Waals surface area contributed by atoms with Crippen LogP contribution in [0.2, 0.25) is 5.15 Å². The van der Waals surface area contributed by atoms with Crippen LogP contribution >= 0.6 is 23.8 Å². The fourth-order valence-electron chi connectivity index (χ4n) is 3.16. The molecule has 1 saturated carbocycles. The van der Waals surface area contributed by atoms with E-state index >= 15 is 0 Å². The lowest BCUT2D eigenvalue weighted by Gasteiger charge is -2.28. The third-order valence-electron chi connectivity index (χ3n) is 4.43. The summed E-state index contributed by atoms with van der Waals surface area (Å²) in [7, 11) is 0. The van der Waals surface area contributed by atoms with Gasteiger partial charge in [0.25, 0.3) is 0 Å². The fourth-order valence-corrected chi connectivity index (χ4v) is 3.60. The zero-order valence-corrected chi connectivity index (χ0v) is 15.3. The standard InChI is InChI=1S/C16H24ClN5OS/c17-13-11-14(22-7-9-23-10-8-22)20-15(19-13)21-16(24)18-12-5-3-1-2-4-6-12/h11-12H,1-10H2,(H2,18,19,20,21,24). The minimum atomic E-state index is 0.409. The zero-order valence-electron chi connectivity index (χ0n) is 13.8. The molecular formula is C16H24ClN5OS. The molecule has 2 aliphatic rings. The number of hydrogen-bond acceptors (Lipinski definition) is 5. The zero-order chi connectivity index (χ0) is 16.8. The molecule has 0 atom stereocenters. The molecule has 0 bridgehead atoms. The molecule has 1 aliphatic heterocycles. The highest BCUT2D eigenvalue weighted by molar-refractivity contribution is 7.80. The summed E-state index contributed by atoms with van der Waals surface area (Å²) in [5.41, 5.74) is 0. The fraction of sp³-hybridized carbons (Fsp3) is 0.688. The highest BCUT2D eigenvalue weighted by atomic mass is 35.5. The van der Waals surface area contributed by atoms with Gasteiger partial charge >= 0.3 is 0 Å². The Kier molecular flexibility index (Phi) is 6.45. The molecule has 0 radical (unpaired) electrons. The molecule has 1 aromatic rings. The molecule has 6 nitrogen and oxygen atoms in total. The molecule has 2 N–H and O–H groups in total. The molecule has 3 rings (SSSR count). The highest BCUT2D eigenvalue weighted by Gasteiger charge is 2.16. The molecule has 8 heteroatoms. The van der Waals surface area contributed by atoms with Crippen molar-refractivity contribution in [3.05, 3.63) is 11.2 Å². The van der Waals surface area contributed by atoms with Crippen LogP contribution in [-0.4, -0.2) is 47.4 Å². The highest BCUT2D eigenvalue weighted by Crippen LogP contribution is 2.20. The Morgan fingerprint density at radius 3 is 2.58 bits per heavy atom. The second kappa shape index (κ2) is 8.78. The van der Waals surface area contributed by atoms with Crippen LogP contribution in [0.4, 0.5) is 11.8 Å². The first kappa shape index (κ1) is 17.6. The molecule has 2 heterocycles. The lowest BCUT2D eigenvalue weighted by Crippen LogP contribution is -2.38. The molecule has 132 valence electrons. The Hall–Kier alpha value is -1.18. The number of anilines is 2. The Bertz CT molecular complexity index is 559. The van der Waals surface area contributed by atoms with Gasteiger partial charge in [0.2, 0.25) is 5.95 Å². The Morgan fingerprint density at radius 1 is 1.17 bits per heavy atom. The average Bonchev–Trinajstić information content (AvgIpc) is 2.83. The maximum absolute atomic E-state index is 6.15. The number of nitrogens with zero attached hydrogens (tertiary/aromatic N) is 3. The van der Waals surface area contributed by atoms with Gasteiger partial charge in [0.15, 0.2) is 5.11 Å². The summed E-state index contributed by atoms with van der Waals surface area (Å²) in [6.45, 7) is 3.01. The van der Waals surface area contributed by atoms with E-state index in [4.69, 9.17) is 28.6 Å². The predicted octanol–water partition coefficient (Wildman–Crippen LogP) is 2.98. The van der Waals surface area contributed by atoms with Gasteiger partial charge < -0.3 is 20.3 Å². The van der Waals surface area contributed by atoms with Crippen LogP contribution in [0.25, 0.3) is 0 Å². The van der Waals surface area contributed by atoms with E-state index in [1.807, 2.05) is 0 Å². The maximum atomic E-state index is 6.15. The number of ether oxygens (including phenoxy) is 1. The van der Waals surface area contributed by atoms with Gasteiger partial charge in [-0.2, -0.15) is 4.98 Å². The SMILES string of the molecule is S=C(Nc1nc(Cl)cc(N2CCOCC2)n1)NC1CCCCCC1. The minimum Gasteiger partial charge on any atom is -0.378 e. The van der Waals surface area contributed by atoms with Gasteiger partial charge in [-0.15, -0.1) is 0 Å². The van der Waals surface area contributed by atoms with Crippen molar-refractivity contribution in [1.29, 1.82) is 0 Å². The van der Waals surface area contributed by atoms with Crippen LogP contribution in [0, 0.1) is 0 Å². The quantitative estimate of drug-likeness (QED) is 0.482. The van der Waals surface area contributed by atoms with Gasteiger partial charge in [0.1, 0.15) is 11.0 Å². The van der Waals surface area contributed by atoms with Crippen LogP contribution in [-0.2, 0) is 4.74 Å². The molecule has 2 fully saturated rings. The lowest BCUT2D eigenvalue weighted by molar-refractivity contribution is 0.122. The van der Waals surface area contributed by atoms with E-state index in [2.05, 4.69) is 25.5 Å². The Morgan fingerprint density at radius 2 is 1.88 bits per heavy atom. The normalized spacial score (nSPS) is 19.6. The smallest absolute Gasteiger partial charge is 0.232 e. The van der Waals surface area contributed by atoms with Crippen molar-refractivity contribution >= 4 is 40.7 Å². The number of halogens is 1. The minimum absolute atomic E-state index is 0.409. The van der Waals surface area contributed by atoms with E-state index in [0.717, 1.165) is 31.7 Å². The average molecular weight is 370 g/mol. The summed E-state index contributed by atoms with van der Waals surface area (Å²) in [6, 6.07) is 2.21. The third-order valence-corrected chi connectivity index (χ3v) is 4.85. The van der Waals surface area contributed by atoms with E-state index < -0.39 is 0 Å². The number of rotatable bonds is 3. The van der Waals surface area contributed by atoms with E-state index in [-0.39, 0.29) is 0 Å². The summed E-state index contributed by atoms with van der Waals surface area (Å²) in [4.78, 5) is 10.9. The molecule has 1 saturated heterocycles. The second-order valence-electron chi connectivity index (χ2n) is 6.26. The first-order chi connectivity index (χ1) is 11.7. The van der Waals surface area contributed by atoms with Crippen molar-refractivity contribution in [3.8, 4) is 0 Å². The first-order valence-corrected chi connectivity index (χ1v) is 9.44. The Balaban J connectivity index is 1.61. The summed E-state index contributed by atoms with van der Waals surface area (Å²) < 4.78 is 5.38. The van der Waals surface area contributed by atoms with Gasteiger partial charge in [-0.3, -0.25) is 0 Å². The van der Waals surface area contributed by atoms with Crippen molar-refractivity contribution in [2.45, 2.75) is 44.6 Å². The maximum Gasteiger partial charge on any atom is 0.232 e. The molecule has 0 spiro atoms. The molecular weight excluding hydrogens is 346 g/mol. The van der Waals surface area contributed by atoms with Gasteiger partial charge in [0, 0.05) is 25.2 Å². The summed E-state index contributed by atoms with van der Waals surface area (Å²) in [6.07, 6.45) is 7.48. The topological polar surface area (TPSA) is 62.3 Å². The van der Waals surface area contributed by atoms with Crippen molar-refractivity contribution in [2.24, 2.45) is 0 Å². The van der Waals surface area contributed by atoms with E-state index in [9.17, 15) is 0 Å². The summed E-state index contributed by atoms with van der Waals surface area (Å²) >= 11 is 11.6. The van der Waals surface area contributed by atoms with Crippen LogP contribution in [0.3, 0.4) is 0 Å². The van der Waals surface area contributed by atoms with E-state index in [0.29, 0.717) is 35.5 Å². The van der Waals surface area contributed by atoms with Crippen molar-refractivity contribution < 1.29 is 4.74 Å². The van der Waals surface area contributed by atoms with Crippen molar-refractivity contribution in [2.75, 3.05) is 36.5 Å². The molecule has 24 heavy (non-hydrogen) atoms. The van der Waals surface area contributed by atoms with Crippen LogP contribution < -0.4 is 15.5 Å². The monoisotopic (exact) mass is 369 g/mol. The number of nitrogens with one attached hydrogen (secondary N) is 2. The van der Waals surface area contributed by atoms with Gasteiger partial charge in [-0.1, -0.05) is 37.3 Å². The molecule has 0 aromatic carbocycles. The molecule has 0 amide bonds. The molecule has 1 aromatic heterocycles. The van der Waals surface area contributed by atoms with E-state index in [1.54, 1.807) is 6.07 Å². The number of hydrogen-bond donors (Lipinski definition) is 2. The van der Waals surface area contributed by atoms with Crippen LogP contribution in [0.5, 0.6) is 0 Å². The number of thiocarbonyl (C=S) groups is 1. The van der Waals surface area contributed by atoms with E-state index in [1.165, 1.54) is 25.7 Å². The second-order valence-corrected chi connectivity index (χ2v) is 7.05. The van der Waals surface area contributed by atoms with Gasteiger partial charge in [-0.25, -0.2) is 4.98 Å². The predicted molar refractivity (Wildman–Crippen MR) is 101 cm³/mol. The van der Waals surface area contributed by atoms with Crippen LogP contribution in [0.1, 0.15) is 38.5 Å². The molecule has 1 aliphatic carbocycles. The molecule has 0 unspecified atom stereocenters. The van der Waals surface area contributed by atoms with Crippen LogP contribution in [0.15, 0.2) is 6.07 Å². The number of morpholine rings is 1. The largest absolute Gasteiger partial charge is 0.378 e. The third kappa shape index (κ3) is 5.16. The van der Waals surface area contributed by atoms with Crippen molar-refractivity contribution in [3.63, 3.8) is 0 Å². The Labute approximate surface area is 153 Å². The lowest BCUT2D eigenvalue weighted by atomic mass is 10.1. The summed E-state index contributed by atoms with van der Waals surface area (Å²) in [5.74, 6) is 1.24. The van der Waals surface area contributed by atoms with Gasteiger partial charge in [0.05, 0.1) is 13.2 Å². The first-order valence-electron chi connectivity index (χ1n) is 8.65. The van der Waals surface area contributed by atoms with Crippen molar-refractivity contribution in [1.82, 2.24) is 15.3 Å². The summed E-state index contributed by atoms with van der Waals surface area (Å²) in [5, 5.41) is 7.45. The van der Waals surface area contributed by atoms with Gasteiger partial charge in [-0.05, 0) is 25.1 Å².